The maximum Gasteiger partial charge on any atom is 0.337 e. The third kappa shape index (κ3) is 3.04. The van der Waals surface area contributed by atoms with Crippen molar-refractivity contribution in [1.29, 1.82) is 0 Å². The van der Waals surface area contributed by atoms with E-state index in [1.54, 1.807) is 6.07 Å². The second-order valence-electron chi connectivity index (χ2n) is 2.26. The Kier molecular flexibility index (Phi) is 3.72. The van der Waals surface area contributed by atoms with Crippen molar-refractivity contribution in [3.8, 4) is 0 Å². The minimum absolute atomic E-state index is 0.0903. The highest BCUT2D eigenvalue weighted by atomic mass is 32.2. The molecule has 0 aromatic carbocycles. The third-order valence-corrected chi connectivity index (χ3v) is 2.25. The van der Waals surface area contributed by atoms with Crippen molar-refractivity contribution >= 4 is 17.7 Å². The Labute approximate surface area is 79.6 Å². The molecule has 1 aromatic rings. The van der Waals surface area contributed by atoms with Crippen molar-refractivity contribution in [2.24, 2.45) is 0 Å². The highest BCUT2D eigenvalue weighted by Crippen LogP contribution is 2.14. The summed E-state index contributed by atoms with van der Waals surface area (Å²) < 4.78 is 0. The molecular weight excluding hydrogens is 190 g/mol. The largest absolute Gasteiger partial charge is 0.478 e. The van der Waals surface area contributed by atoms with Gasteiger partial charge in [0.15, 0.2) is 0 Å². The summed E-state index contributed by atoms with van der Waals surface area (Å²) in [6.07, 6.45) is 1.31. The Bertz CT molecular complexity index is 286. The zero-order valence-electron chi connectivity index (χ0n) is 6.80. The predicted octanol–water partition coefficient (Wildman–Crippen LogP) is 0.864. The first-order chi connectivity index (χ1) is 6.24. The Morgan fingerprint density at radius 2 is 2.31 bits per heavy atom. The summed E-state index contributed by atoms with van der Waals surface area (Å²) in [5.74, 6) is -0.411. The molecule has 5 heteroatoms. The van der Waals surface area contributed by atoms with Gasteiger partial charge in [0, 0.05) is 11.9 Å². The fourth-order valence-electron chi connectivity index (χ4n) is 0.742. The molecule has 70 valence electrons. The minimum atomic E-state index is -0.980. The zero-order chi connectivity index (χ0) is 9.68. The summed E-state index contributed by atoms with van der Waals surface area (Å²) in [6, 6.07) is 3.12. The number of rotatable bonds is 4. The molecule has 0 aliphatic carbocycles. The second kappa shape index (κ2) is 4.84. The highest BCUT2D eigenvalue weighted by Gasteiger charge is 2.02. The van der Waals surface area contributed by atoms with Crippen LogP contribution in [-0.2, 0) is 0 Å². The number of aliphatic hydroxyl groups is 1. The third-order valence-electron chi connectivity index (χ3n) is 1.32. The lowest BCUT2D eigenvalue weighted by Crippen LogP contribution is -1.97. The number of hydrogen-bond donors (Lipinski definition) is 2. The summed E-state index contributed by atoms with van der Waals surface area (Å²) in [7, 11) is 0. The van der Waals surface area contributed by atoms with Crippen molar-refractivity contribution in [3.63, 3.8) is 0 Å². The van der Waals surface area contributed by atoms with E-state index in [1.165, 1.54) is 24.0 Å². The topological polar surface area (TPSA) is 70.4 Å². The van der Waals surface area contributed by atoms with Crippen LogP contribution in [0.15, 0.2) is 23.4 Å². The van der Waals surface area contributed by atoms with E-state index < -0.39 is 5.97 Å². The number of thioether (sulfide) groups is 1. The Hall–Kier alpha value is -1.07. The van der Waals surface area contributed by atoms with Gasteiger partial charge < -0.3 is 10.2 Å². The monoisotopic (exact) mass is 199 g/mol. The van der Waals surface area contributed by atoms with Gasteiger partial charge in [0.2, 0.25) is 0 Å². The van der Waals surface area contributed by atoms with E-state index in [0.29, 0.717) is 5.75 Å². The van der Waals surface area contributed by atoms with Gasteiger partial charge in [0.25, 0.3) is 0 Å². The molecule has 0 unspecified atom stereocenters. The van der Waals surface area contributed by atoms with E-state index >= 15 is 0 Å². The van der Waals surface area contributed by atoms with Crippen molar-refractivity contribution < 1.29 is 15.0 Å². The van der Waals surface area contributed by atoms with Crippen LogP contribution in [0.4, 0.5) is 0 Å². The van der Waals surface area contributed by atoms with E-state index in [9.17, 15) is 4.79 Å². The van der Waals surface area contributed by atoms with Crippen LogP contribution < -0.4 is 0 Å². The lowest BCUT2D eigenvalue weighted by molar-refractivity contribution is 0.0696. The molecule has 0 atom stereocenters. The summed E-state index contributed by atoms with van der Waals surface area (Å²) in [5.41, 5.74) is 0.174. The molecule has 0 aliphatic rings. The van der Waals surface area contributed by atoms with Crippen molar-refractivity contribution in [3.05, 3.63) is 23.9 Å². The molecule has 1 aromatic heterocycles. The van der Waals surface area contributed by atoms with Crippen LogP contribution in [0.5, 0.6) is 0 Å². The van der Waals surface area contributed by atoms with Gasteiger partial charge in [-0.15, -0.1) is 11.8 Å². The standard InChI is InChI=1S/C8H9NO3S/c10-3-4-13-7-2-1-6(5-9-7)8(11)12/h1-2,5,10H,3-4H2,(H,11,12). The van der Waals surface area contributed by atoms with Gasteiger partial charge in [-0.1, -0.05) is 0 Å². The van der Waals surface area contributed by atoms with Crippen LogP contribution in [0.2, 0.25) is 0 Å². The molecule has 1 rings (SSSR count). The molecule has 0 fully saturated rings. The minimum Gasteiger partial charge on any atom is -0.478 e. The van der Waals surface area contributed by atoms with Gasteiger partial charge in [0.05, 0.1) is 17.2 Å². The van der Waals surface area contributed by atoms with Gasteiger partial charge in [-0.3, -0.25) is 0 Å². The molecular formula is C8H9NO3S. The highest BCUT2D eigenvalue weighted by molar-refractivity contribution is 7.99. The number of carboxylic acids is 1. The average molecular weight is 199 g/mol. The van der Waals surface area contributed by atoms with Gasteiger partial charge in [-0.2, -0.15) is 0 Å². The molecule has 13 heavy (non-hydrogen) atoms. The van der Waals surface area contributed by atoms with Gasteiger partial charge in [-0.25, -0.2) is 9.78 Å². The maximum absolute atomic E-state index is 10.4. The van der Waals surface area contributed by atoms with Crippen molar-refractivity contribution in [2.45, 2.75) is 5.03 Å². The quantitative estimate of drug-likeness (QED) is 0.704. The Morgan fingerprint density at radius 3 is 2.77 bits per heavy atom. The fraction of sp³-hybridized carbons (Fsp3) is 0.250. The molecule has 0 saturated heterocycles. The first-order valence-electron chi connectivity index (χ1n) is 3.67. The van der Waals surface area contributed by atoms with Crippen LogP contribution in [0.1, 0.15) is 10.4 Å². The fourth-order valence-corrected chi connectivity index (χ4v) is 1.33. The van der Waals surface area contributed by atoms with Crippen LogP contribution in [0.25, 0.3) is 0 Å². The number of aromatic nitrogens is 1. The normalized spacial score (nSPS) is 9.92. The van der Waals surface area contributed by atoms with Crippen LogP contribution in [0.3, 0.4) is 0 Å². The smallest absolute Gasteiger partial charge is 0.337 e. The summed E-state index contributed by atoms with van der Waals surface area (Å²) in [6.45, 7) is 0.0903. The lowest BCUT2D eigenvalue weighted by Gasteiger charge is -1.98. The number of carbonyl (C=O) groups is 1. The molecule has 0 amide bonds. The Morgan fingerprint density at radius 1 is 1.54 bits per heavy atom. The van der Waals surface area contributed by atoms with E-state index in [-0.39, 0.29) is 12.2 Å². The van der Waals surface area contributed by atoms with E-state index in [0.717, 1.165) is 5.03 Å². The van der Waals surface area contributed by atoms with Crippen molar-refractivity contribution in [1.82, 2.24) is 4.98 Å². The van der Waals surface area contributed by atoms with Crippen molar-refractivity contribution in [2.75, 3.05) is 12.4 Å². The summed E-state index contributed by atoms with van der Waals surface area (Å²) in [5, 5.41) is 17.8. The summed E-state index contributed by atoms with van der Waals surface area (Å²) in [4.78, 5) is 14.3. The van der Waals surface area contributed by atoms with E-state index in [1.807, 2.05) is 0 Å². The first-order valence-corrected chi connectivity index (χ1v) is 4.65. The lowest BCUT2D eigenvalue weighted by atomic mass is 10.3. The van der Waals surface area contributed by atoms with Gasteiger partial charge >= 0.3 is 5.97 Å². The number of carboxylic acid groups (broad SMARTS) is 1. The summed E-state index contributed by atoms with van der Waals surface area (Å²) >= 11 is 1.39. The molecule has 0 aliphatic heterocycles. The molecule has 4 nitrogen and oxygen atoms in total. The number of hydrogen-bond acceptors (Lipinski definition) is 4. The van der Waals surface area contributed by atoms with Crippen LogP contribution in [0, 0.1) is 0 Å². The maximum atomic E-state index is 10.4. The SMILES string of the molecule is O=C(O)c1ccc(SCCO)nc1. The molecule has 0 saturated carbocycles. The van der Waals surface area contributed by atoms with Crippen LogP contribution >= 0.6 is 11.8 Å². The molecule has 0 bridgehead atoms. The second-order valence-corrected chi connectivity index (χ2v) is 3.38. The zero-order valence-corrected chi connectivity index (χ0v) is 7.62. The first kappa shape index (κ1) is 10.0. The Balaban J connectivity index is 2.64. The van der Waals surface area contributed by atoms with Gasteiger partial charge in [-0.05, 0) is 12.1 Å². The predicted molar refractivity (Wildman–Crippen MR) is 49.0 cm³/mol. The molecule has 1 heterocycles. The molecule has 0 spiro atoms. The van der Waals surface area contributed by atoms with Crippen LogP contribution in [-0.4, -0.2) is 33.5 Å². The van der Waals surface area contributed by atoms with Gasteiger partial charge in [0.1, 0.15) is 0 Å². The molecule has 0 radical (unpaired) electrons. The van der Waals surface area contributed by atoms with E-state index in [4.69, 9.17) is 10.2 Å². The number of aromatic carboxylic acids is 1. The molecule has 2 N–H and O–H groups in total. The number of nitrogens with zero attached hydrogens (tertiary/aromatic N) is 1. The number of aliphatic hydroxyl groups excluding tert-OH is 1. The number of pyridine rings is 1. The average Bonchev–Trinajstić information content (AvgIpc) is 2.15. The van der Waals surface area contributed by atoms with E-state index in [2.05, 4.69) is 4.98 Å².